The molecule has 0 bridgehead atoms. The Labute approximate surface area is 120 Å². The highest BCUT2D eigenvalue weighted by atomic mass is 19.1. The highest BCUT2D eigenvalue weighted by molar-refractivity contribution is 6.31. The fourth-order valence-corrected chi connectivity index (χ4v) is 2.26. The molecule has 21 heavy (non-hydrogen) atoms. The number of aliphatic carboxylic acids is 1. The van der Waals surface area contributed by atoms with Gasteiger partial charge in [-0.05, 0) is 37.1 Å². The first-order chi connectivity index (χ1) is 9.88. The average Bonchev–Trinajstić information content (AvgIpc) is 2.91. The smallest absolute Gasteiger partial charge is 0.394 e. The number of carboxylic acids is 1. The van der Waals surface area contributed by atoms with Gasteiger partial charge in [0.1, 0.15) is 5.82 Å². The Kier molecular flexibility index (Phi) is 4.21. The first-order valence-corrected chi connectivity index (χ1v) is 6.47. The number of carboxylic acid groups (broad SMARTS) is 1. The molecule has 1 atom stereocenters. The van der Waals surface area contributed by atoms with E-state index < -0.39 is 17.8 Å². The van der Waals surface area contributed by atoms with Crippen LogP contribution in [0.3, 0.4) is 0 Å². The van der Waals surface area contributed by atoms with E-state index in [9.17, 15) is 18.8 Å². The summed E-state index contributed by atoms with van der Waals surface area (Å²) in [6.45, 7) is 1.91. The predicted octanol–water partition coefficient (Wildman–Crippen LogP) is 1.01. The van der Waals surface area contributed by atoms with Crippen molar-refractivity contribution in [3.05, 3.63) is 29.6 Å². The van der Waals surface area contributed by atoms with Crippen LogP contribution in [0.25, 0.3) is 0 Å². The number of hydrogen-bond donors (Lipinski definition) is 2. The van der Waals surface area contributed by atoms with Gasteiger partial charge in [-0.15, -0.1) is 0 Å². The lowest BCUT2D eigenvalue weighted by atomic mass is 10.1. The SMILES string of the molecule is Cc1cc(NC(=O)C2CCN(C(=O)C(=O)O)C2)ccc1F. The van der Waals surface area contributed by atoms with E-state index in [1.165, 1.54) is 18.2 Å². The van der Waals surface area contributed by atoms with E-state index in [0.717, 1.165) is 4.90 Å². The summed E-state index contributed by atoms with van der Waals surface area (Å²) >= 11 is 0. The topological polar surface area (TPSA) is 86.7 Å². The van der Waals surface area contributed by atoms with Gasteiger partial charge in [-0.2, -0.15) is 0 Å². The largest absolute Gasteiger partial charge is 0.474 e. The molecule has 1 saturated heterocycles. The Balaban J connectivity index is 1.97. The molecule has 6 nitrogen and oxygen atoms in total. The highest BCUT2D eigenvalue weighted by Gasteiger charge is 2.33. The number of benzene rings is 1. The van der Waals surface area contributed by atoms with Crippen LogP contribution in [0.1, 0.15) is 12.0 Å². The van der Waals surface area contributed by atoms with Gasteiger partial charge in [0.15, 0.2) is 0 Å². The van der Waals surface area contributed by atoms with E-state index in [0.29, 0.717) is 17.7 Å². The Hall–Kier alpha value is -2.44. The molecule has 0 radical (unpaired) electrons. The van der Waals surface area contributed by atoms with Crippen molar-refractivity contribution in [2.24, 2.45) is 5.92 Å². The van der Waals surface area contributed by atoms with Crippen molar-refractivity contribution in [3.8, 4) is 0 Å². The normalized spacial score (nSPS) is 17.6. The second-order valence-corrected chi connectivity index (χ2v) is 5.00. The minimum atomic E-state index is -1.52. The van der Waals surface area contributed by atoms with Gasteiger partial charge in [-0.3, -0.25) is 9.59 Å². The van der Waals surface area contributed by atoms with Gasteiger partial charge in [-0.25, -0.2) is 9.18 Å². The minimum absolute atomic E-state index is 0.0805. The molecule has 2 amide bonds. The summed E-state index contributed by atoms with van der Waals surface area (Å²) in [5, 5.41) is 11.3. The van der Waals surface area contributed by atoms with Crippen LogP contribution in [0.4, 0.5) is 10.1 Å². The van der Waals surface area contributed by atoms with Crippen LogP contribution in [0.5, 0.6) is 0 Å². The zero-order valence-corrected chi connectivity index (χ0v) is 11.4. The van der Waals surface area contributed by atoms with E-state index in [2.05, 4.69) is 5.32 Å². The zero-order chi connectivity index (χ0) is 15.6. The molecule has 1 unspecified atom stereocenters. The summed E-state index contributed by atoms with van der Waals surface area (Å²) in [6.07, 6.45) is 0.408. The molecule has 1 aliphatic heterocycles. The molecule has 1 aliphatic rings. The second kappa shape index (κ2) is 5.90. The van der Waals surface area contributed by atoms with E-state index >= 15 is 0 Å². The number of anilines is 1. The van der Waals surface area contributed by atoms with Crippen LogP contribution in [0.15, 0.2) is 18.2 Å². The molecule has 1 aromatic carbocycles. The number of amides is 2. The fourth-order valence-electron chi connectivity index (χ4n) is 2.26. The Bertz CT molecular complexity index is 603. The molecule has 0 aliphatic carbocycles. The van der Waals surface area contributed by atoms with Crippen molar-refractivity contribution >= 4 is 23.5 Å². The third-order valence-corrected chi connectivity index (χ3v) is 3.45. The number of hydrogen-bond acceptors (Lipinski definition) is 3. The number of nitrogens with one attached hydrogen (secondary N) is 1. The standard InChI is InChI=1S/C14H15FN2O4/c1-8-6-10(2-3-11(8)15)16-12(18)9-4-5-17(7-9)13(19)14(20)21/h2-3,6,9H,4-5,7H2,1H3,(H,16,18)(H,20,21). The Morgan fingerprint density at radius 1 is 1.38 bits per heavy atom. The van der Waals surface area contributed by atoms with Crippen LogP contribution in [-0.2, 0) is 14.4 Å². The van der Waals surface area contributed by atoms with Crippen molar-refractivity contribution in [2.75, 3.05) is 18.4 Å². The van der Waals surface area contributed by atoms with Gasteiger partial charge in [0, 0.05) is 18.8 Å². The van der Waals surface area contributed by atoms with Crippen LogP contribution in [0.2, 0.25) is 0 Å². The number of halogens is 1. The molecule has 0 saturated carbocycles. The molecule has 0 aromatic heterocycles. The highest BCUT2D eigenvalue weighted by Crippen LogP contribution is 2.20. The quantitative estimate of drug-likeness (QED) is 0.797. The van der Waals surface area contributed by atoms with Gasteiger partial charge >= 0.3 is 11.9 Å². The molecule has 7 heteroatoms. The lowest BCUT2D eigenvalue weighted by Gasteiger charge is -2.14. The summed E-state index contributed by atoms with van der Waals surface area (Å²) in [5.74, 6) is -3.64. The van der Waals surface area contributed by atoms with Gasteiger partial charge < -0.3 is 15.3 Å². The Morgan fingerprint density at radius 2 is 2.10 bits per heavy atom. The van der Waals surface area contributed by atoms with E-state index in [1.54, 1.807) is 6.92 Å². The van der Waals surface area contributed by atoms with Crippen molar-refractivity contribution in [3.63, 3.8) is 0 Å². The lowest BCUT2D eigenvalue weighted by Crippen LogP contribution is -2.35. The van der Waals surface area contributed by atoms with Gasteiger partial charge in [0.2, 0.25) is 5.91 Å². The monoisotopic (exact) mass is 294 g/mol. The third-order valence-electron chi connectivity index (χ3n) is 3.45. The van der Waals surface area contributed by atoms with Crippen LogP contribution >= 0.6 is 0 Å². The summed E-state index contributed by atoms with van der Waals surface area (Å²) in [7, 11) is 0. The van der Waals surface area contributed by atoms with E-state index in [-0.39, 0.29) is 24.8 Å². The summed E-state index contributed by atoms with van der Waals surface area (Å²) in [6, 6.07) is 4.23. The number of nitrogens with zero attached hydrogens (tertiary/aromatic N) is 1. The van der Waals surface area contributed by atoms with Gasteiger partial charge in [-0.1, -0.05) is 0 Å². The number of aryl methyl sites for hydroxylation is 1. The fraction of sp³-hybridized carbons (Fsp3) is 0.357. The van der Waals surface area contributed by atoms with E-state index in [4.69, 9.17) is 5.11 Å². The Morgan fingerprint density at radius 3 is 2.71 bits per heavy atom. The van der Waals surface area contributed by atoms with Crippen molar-refractivity contribution < 1.29 is 23.9 Å². The first kappa shape index (κ1) is 15.0. The molecule has 0 spiro atoms. The maximum Gasteiger partial charge on any atom is 0.394 e. The molecule has 2 rings (SSSR count). The number of carbonyl (C=O) groups excluding carboxylic acids is 2. The van der Waals surface area contributed by atoms with Crippen molar-refractivity contribution in [1.29, 1.82) is 0 Å². The maximum atomic E-state index is 13.1. The van der Waals surface area contributed by atoms with Gasteiger partial charge in [0.05, 0.1) is 5.92 Å². The predicted molar refractivity (Wildman–Crippen MR) is 72.1 cm³/mol. The van der Waals surface area contributed by atoms with E-state index in [1.807, 2.05) is 0 Å². The lowest BCUT2D eigenvalue weighted by molar-refractivity contribution is -0.155. The zero-order valence-electron chi connectivity index (χ0n) is 11.4. The first-order valence-electron chi connectivity index (χ1n) is 6.47. The molecule has 1 fully saturated rings. The van der Waals surface area contributed by atoms with Crippen molar-refractivity contribution in [1.82, 2.24) is 4.90 Å². The molecule has 1 aromatic rings. The second-order valence-electron chi connectivity index (χ2n) is 5.00. The third kappa shape index (κ3) is 3.36. The molecular weight excluding hydrogens is 279 g/mol. The van der Waals surface area contributed by atoms with Crippen LogP contribution in [0, 0.1) is 18.7 Å². The molecule has 112 valence electrons. The summed E-state index contributed by atoms with van der Waals surface area (Å²) in [4.78, 5) is 35.1. The summed E-state index contributed by atoms with van der Waals surface area (Å²) in [5.41, 5.74) is 0.892. The number of likely N-dealkylation sites (tertiary alicyclic amines) is 1. The summed E-state index contributed by atoms with van der Waals surface area (Å²) < 4.78 is 13.1. The van der Waals surface area contributed by atoms with Crippen molar-refractivity contribution in [2.45, 2.75) is 13.3 Å². The minimum Gasteiger partial charge on any atom is -0.474 e. The molecule has 2 N–H and O–H groups in total. The van der Waals surface area contributed by atoms with Gasteiger partial charge in [0.25, 0.3) is 0 Å². The number of rotatable bonds is 2. The molecular formula is C14H15FN2O4. The van der Waals surface area contributed by atoms with Crippen LogP contribution < -0.4 is 5.32 Å². The van der Waals surface area contributed by atoms with Crippen LogP contribution in [-0.4, -0.2) is 40.9 Å². The molecule has 1 heterocycles. The maximum absolute atomic E-state index is 13.1. The number of carbonyl (C=O) groups is 3. The average molecular weight is 294 g/mol.